The van der Waals surface area contributed by atoms with E-state index < -0.39 is 7.94 Å². The first-order valence-electron chi connectivity index (χ1n) is 27.0. The molecule has 1 saturated heterocycles. The number of thiocarbonyl (C=S) groups is 1. The van der Waals surface area contributed by atoms with Gasteiger partial charge in [0.15, 0.2) is 44.0 Å². The monoisotopic (exact) mass is 1120 g/mol. The fraction of sp³-hybridized carbons (Fsp3) is 0.290. The summed E-state index contributed by atoms with van der Waals surface area (Å²) >= 11 is 8.27. The molecule has 1 aliphatic carbocycles. The molecule has 0 spiro atoms. The molecule has 400 valence electrons. The topological polar surface area (TPSA) is 149 Å². The fourth-order valence-electron chi connectivity index (χ4n) is 10.8. The lowest BCUT2D eigenvalue weighted by atomic mass is 9.95. The minimum absolute atomic E-state index is 0.205. The van der Waals surface area contributed by atoms with Crippen molar-refractivity contribution < 1.29 is 33.7 Å². The second-order valence-corrected chi connectivity index (χ2v) is 24.7. The van der Waals surface area contributed by atoms with E-state index in [1.807, 2.05) is 59.4 Å². The zero-order valence-electron chi connectivity index (χ0n) is 43.8. The number of rotatable bonds is 21. The highest BCUT2D eigenvalue weighted by Crippen LogP contribution is 2.52. The average Bonchev–Trinajstić information content (AvgIpc) is 4.27. The van der Waals surface area contributed by atoms with Crippen LogP contribution in [0.25, 0.3) is 33.8 Å². The predicted octanol–water partition coefficient (Wildman–Crippen LogP) is 9.45. The summed E-state index contributed by atoms with van der Waals surface area (Å²) in [5, 5.41) is 11.4. The van der Waals surface area contributed by atoms with E-state index in [-0.39, 0.29) is 43.2 Å². The van der Waals surface area contributed by atoms with Gasteiger partial charge in [-0.1, -0.05) is 148 Å². The maximum absolute atomic E-state index is 14.6. The molecule has 3 aromatic heterocycles. The van der Waals surface area contributed by atoms with E-state index in [4.69, 9.17) is 12.2 Å². The number of aryl methyl sites for hydroxylation is 1. The van der Waals surface area contributed by atoms with Crippen molar-refractivity contribution in [2.45, 2.75) is 96.3 Å². The molecule has 10 rings (SSSR count). The molecule has 1 saturated carbocycles. The molecule has 2 aliphatic heterocycles. The van der Waals surface area contributed by atoms with Gasteiger partial charge >= 0.3 is 0 Å². The van der Waals surface area contributed by atoms with Crippen LogP contribution in [-0.2, 0) is 24.4 Å². The number of aliphatic hydroxyl groups is 1. The van der Waals surface area contributed by atoms with Gasteiger partial charge in [-0.2, -0.15) is 0 Å². The number of anilines is 2. The molecule has 3 aliphatic rings. The zero-order valence-corrected chi connectivity index (χ0v) is 47.1. The molecule has 2 unspecified atom stereocenters. The van der Waals surface area contributed by atoms with E-state index in [0.717, 1.165) is 72.9 Å². The van der Waals surface area contributed by atoms with E-state index in [1.165, 1.54) is 68.5 Å². The van der Waals surface area contributed by atoms with Crippen LogP contribution in [0.4, 0.5) is 11.4 Å². The first-order valence-corrected chi connectivity index (χ1v) is 30.9. The van der Waals surface area contributed by atoms with Gasteiger partial charge in [-0.05, 0) is 100 Å². The first kappa shape index (κ1) is 54.9. The number of aliphatic imine (C=N–C) groups is 1. The van der Waals surface area contributed by atoms with Crippen LogP contribution in [0.15, 0.2) is 162 Å². The number of carbonyl (C=O) groups excluding carboxylic acids is 1. The van der Waals surface area contributed by atoms with E-state index in [0.29, 0.717) is 43.5 Å². The Morgan fingerprint density at radius 2 is 1.42 bits per heavy atom. The number of unbranched alkanes of at least 4 members (excludes halogenated alkanes) is 5. The second kappa shape index (κ2) is 25.1. The number of amides is 1. The van der Waals surface area contributed by atoms with Crippen molar-refractivity contribution in [3.63, 3.8) is 0 Å². The Morgan fingerprint density at radius 1 is 0.795 bits per heavy atom. The highest BCUT2D eigenvalue weighted by Gasteiger charge is 2.42. The molecule has 5 heterocycles. The van der Waals surface area contributed by atoms with Crippen molar-refractivity contribution in [3.8, 4) is 11.1 Å². The number of benzene rings is 4. The quantitative estimate of drug-likeness (QED) is 0.0122. The number of hydrogen-bond donors (Lipinski definition) is 3. The summed E-state index contributed by atoms with van der Waals surface area (Å²) in [5.74, 6) is -0.0845. The predicted molar refractivity (Wildman–Crippen MR) is 319 cm³/mol. The van der Waals surface area contributed by atoms with Crippen LogP contribution in [-0.4, -0.2) is 65.8 Å². The summed E-state index contributed by atoms with van der Waals surface area (Å²) in [7, 11) is -4.09. The minimum Gasteiger partial charge on any atom is -0.632 e. The molecular weight excluding hydrogens is 1050 g/mol. The standard InChI is InChI=1S/C62H63N6O6PS3/c1-2-3-4-5-6-13-32-66-60(71)58(78-62(66)76)61-67(43-57(69)63-31-37-64-33-27-46(28-34-64)47-29-35-65(36-30-47)38-39-75(72,73)74)59(70)56(77-61)42-45-23-26-55-53(41-45)51-19-14-20-54(51)68(55)50-24-21-44(22-25-50)40-52(48-15-9-7-10-16-48)49-17-11-8-12-18-49/h7-12,15-18,21-30,33-36,40-42,51,54H,2-6,13-14,19-20,31-32,37-39,43H2,1H3,(H-2,63,69,72,73,74)/p+2/b56-42-,61-58+. The lowest BCUT2D eigenvalue weighted by molar-refractivity contribution is -0.694. The Hall–Kier alpha value is -6.42. The van der Waals surface area contributed by atoms with Crippen molar-refractivity contribution in [3.05, 3.63) is 200 Å². The molecule has 0 bridgehead atoms. The molecule has 2 atom stereocenters. The number of aliphatic hydroxyl groups excluding tert-OH is 1. The Kier molecular flexibility index (Phi) is 17.7. The summed E-state index contributed by atoms with van der Waals surface area (Å²) in [5.41, 5.74) is 10.8. The summed E-state index contributed by atoms with van der Waals surface area (Å²) < 4.78 is 6.56. The number of thioether (sulfide) groups is 1. The van der Waals surface area contributed by atoms with Gasteiger partial charge in [-0.25, -0.2) is 23.9 Å². The second-order valence-electron chi connectivity index (χ2n) is 20.2. The van der Waals surface area contributed by atoms with Crippen LogP contribution in [0.5, 0.6) is 0 Å². The lowest BCUT2D eigenvalue weighted by Crippen LogP contribution is -2.36. The van der Waals surface area contributed by atoms with Crippen LogP contribution in [0.1, 0.15) is 98.4 Å². The van der Waals surface area contributed by atoms with Gasteiger partial charge in [0.1, 0.15) is 27.0 Å². The van der Waals surface area contributed by atoms with Crippen molar-refractivity contribution >= 4 is 93.4 Å². The molecule has 3 N–H and O–H groups in total. The summed E-state index contributed by atoms with van der Waals surface area (Å²) in [4.78, 5) is 67.7. The van der Waals surface area contributed by atoms with Gasteiger partial charge in [0, 0.05) is 54.1 Å². The smallest absolute Gasteiger partial charge is 0.269 e. The maximum Gasteiger partial charge on any atom is 0.269 e. The van der Waals surface area contributed by atoms with Gasteiger partial charge in [0.05, 0.1) is 4.53 Å². The number of nitrogens with zero attached hydrogens (tertiary/aromatic N) is 6. The van der Waals surface area contributed by atoms with Crippen LogP contribution in [0.2, 0.25) is 0 Å². The molecule has 7 aromatic rings. The molecule has 78 heavy (non-hydrogen) atoms. The van der Waals surface area contributed by atoms with Gasteiger partial charge in [-0.3, -0.25) is 19.1 Å². The summed E-state index contributed by atoms with van der Waals surface area (Å²) in [6.45, 7) is 3.43. The van der Waals surface area contributed by atoms with Crippen molar-refractivity contribution in [1.29, 1.82) is 0 Å². The largest absolute Gasteiger partial charge is 0.632 e. The molecule has 4 aromatic carbocycles. The van der Waals surface area contributed by atoms with Gasteiger partial charge in [0.25, 0.3) is 11.5 Å². The van der Waals surface area contributed by atoms with Crippen LogP contribution < -0.4 is 33.7 Å². The Balaban J connectivity index is 0.903. The molecule has 16 heteroatoms. The Labute approximate surface area is 469 Å². The Morgan fingerprint density at radius 3 is 2.08 bits per heavy atom. The molecule has 2 fully saturated rings. The SMILES string of the molecule is CCCCCCCCN1C(=O)/C(=c2\s/c(=C\c3ccc4c(c3)C3CCCC3N4c3ccc(C=C(c4ccccc4)c4ccccc4)cc3)c(=O)n2CC(O)=NCC[n+]2ccc(-c3cc[n+](CC[P+]([O-])(O)O)cc3)cc2)SC1=S. The molecular formula is C62H65N6O6PS3+2. The molecule has 12 nitrogen and oxygen atoms in total. The minimum atomic E-state index is -4.09. The number of fused-ring (bicyclic) bond motifs is 3. The third-order valence-corrected chi connectivity index (χ3v) is 18.4. The number of pyridine rings is 2. The first-order chi connectivity index (χ1) is 37.9. The van der Waals surface area contributed by atoms with Crippen LogP contribution in [0.3, 0.4) is 0 Å². The average molecular weight is 1120 g/mol. The van der Waals surface area contributed by atoms with Crippen molar-refractivity contribution in [2.75, 3.05) is 24.2 Å². The lowest BCUT2D eigenvalue weighted by Gasteiger charge is -2.27. The van der Waals surface area contributed by atoms with Crippen molar-refractivity contribution in [2.24, 2.45) is 4.99 Å². The number of hydrogen-bond acceptors (Lipinski definition) is 10. The van der Waals surface area contributed by atoms with Crippen molar-refractivity contribution in [1.82, 2.24) is 9.47 Å². The van der Waals surface area contributed by atoms with E-state index in [9.17, 15) is 29.4 Å². The molecule has 0 radical (unpaired) electrons. The third-order valence-electron chi connectivity index (χ3n) is 14.9. The normalized spacial score (nSPS) is 17.3. The van der Waals surface area contributed by atoms with Crippen LogP contribution >= 0.6 is 43.3 Å². The molecule has 1 amide bonds. The summed E-state index contributed by atoms with van der Waals surface area (Å²) in [6, 6.07) is 44.5. The fourth-order valence-corrected chi connectivity index (χ4v) is 13.9. The number of thiazole rings is 1. The number of aromatic nitrogens is 3. The van der Waals surface area contributed by atoms with E-state index in [1.54, 1.807) is 21.9 Å². The highest BCUT2D eigenvalue weighted by atomic mass is 32.2. The maximum atomic E-state index is 14.6. The third kappa shape index (κ3) is 13.0. The summed E-state index contributed by atoms with van der Waals surface area (Å²) in [6.07, 6.45) is 21.2. The van der Waals surface area contributed by atoms with E-state index in [2.05, 4.69) is 114 Å². The zero-order chi connectivity index (χ0) is 54.2. The van der Waals surface area contributed by atoms with Crippen LogP contribution in [0, 0.1) is 0 Å². The van der Waals surface area contributed by atoms with Gasteiger partial charge < -0.3 is 14.9 Å². The highest BCUT2D eigenvalue weighted by molar-refractivity contribution is 8.30. The Bertz CT molecular complexity index is 3470. The van der Waals surface area contributed by atoms with E-state index >= 15 is 0 Å². The van der Waals surface area contributed by atoms with Gasteiger partial charge in [0.2, 0.25) is 13.8 Å². The van der Waals surface area contributed by atoms with Gasteiger partial charge in [-0.15, -0.1) is 11.3 Å². The number of carbonyl (C=O) groups is 1.